The van der Waals surface area contributed by atoms with Gasteiger partial charge in [0.1, 0.15) is 0 Å². The Kier molecular flexibility index (Phi) is 7.15. The zero-order valence-corrected chi connectivity index (χ0v) is 7.56. The fraction of sp³-hybridized carbons (Fsp3) is 0.875. The topological polar surface area (TPSA) is 39.1 Å². The minimum Gasteiger partial charge on any atom is -0.362 e. The summed E-state index contributed by atoms with van der Waals surface area (Å²) < 4.78 is 0. The van der Waals surface area contributed by atoms with Crippen LogP contribution in [0.15, 0.2) is 0 Å². The Morgan fingerprint density at radius 1 is 1.45 bits per heavy atom. The molecule has 0 rings (SSSR count). The minimum atomic E-state index is 0.944. The van der Waals surface area contributed by atoms with Crippen molar-refractivity contribution in [1.29, 1.82) is 5.41 Å². The van der Waals surface area contributed by atoms with Crippen LogP contribution in [0, 0.1) is 5.41 Å². The molecular formula is C8H19N3. The molecule has 0 bridgehead atoms. The SMILES string of the molecule is CCCCN(C=N)CCNC. The van der Waals surface area contributed by atoms with E-state index >= 15 is 0 Å². The van der Waals surface area contributed by atoms with E-state index in [9.17, 15) is 0 Å². The third kappa shape index (κ3) is 5.85. The molecule has 0 saturated carbocycles. The fourth-order valence-corrected chi connectivity index (χ4v) is 0.858. The third-order valence-electron chi connectivity index (χ3n) is 1.63. The molecule has 0 aromatic rings. The molecular weight excluding hydrogens is 138 g/mol. The first-order valence-electron chi connectivity index (χ1n) is 4.24. The lowest BCUT2D eigenvalue weighted by Gasteiger charge is -2.17. The number of nitrogens with one attached hydrogen (secondary N) is 2. The lowest BCUT2D eigenvalue weighted by atomic mass is 10.3. The lowest BCUT2D eigenvalue weighted by molar-refractivity contribution is 0.415. The van der Waals surface area contributed by atoms with Crippen molar-refractivity contribution in [3.63, 3.8) is 0 Å². The molecule has 2 N–H and O–H groups in total. The van der Waals surface area contributed by atoms with E-state index in [4.69, 9.17) is 5.41 Å². The van der Waals surface area contributed by atoms with Gasteiger partial charge in [-0.2, -0.15) is 0 Å². The smallest absolute Gasteiger partial charge is 0.0817 e. The molecule has 66 valence electrons. The minimum absolute atomic E-state index is 0.944. The average molecular weight is 157 g/mol. The summed E-state index contributed by atoms with van der Waals surface area (Å²) in [6.07, 6.45) is 3.80. The quantitative estimate of drug-likeness (QED) is 0.426. The summed E-state index contributed by atoms with van der Waals surface area (Å²) in [4.78, 5) is 2.03. The second kappa shape index (κ2) is 7.54. The molecule has 3 heteroatoms. The van der Waals surface area contributed by atoms with Gasteiger partial charge < -0.3 is 10.2 Å². The summed E-state index contributed by atoms with van der Waals surface area (Å²) in [5.74, 6) is 0. The molecule has 0 aliphatic carbocycles. The fourth-order valence-electron chi connectivity index (χ4n) is 0.858. The zero-order chi connectivity index (χ0) is 8.53. The summed E-state index contributed by atoms with van der Waals surface area (Å²) in [5, 5.41) is 10.2. The number of hydrogen-bond acceptors (Lipinski definition) is 2. The van der Waals surface area contributed by atoms with E-state index in [1.165, 1.54) is 19.2 Å². The van der Waals surface area contributed by atoms with E-state index in [1.807, 2.05) is 11.9 Å². The molecule has 11 heavy (non-hydrogen) atoms. The van der Waals surface area contributed by atoms with Crippen LogP contribution in [0.3, 0.4) is 0 Å². The molecule has 0 spiro atoms. The van der Waals surface area contributed by atoms with Gasteiger partial charge in [-0.1, -0.05) is 13.3 Å². The number of hydrogen-bond donors (Lipinski definition) is 2. The molecule has 0 aromatic heterocycles. The molecule has 0 atom stereocenters. The maximum atomic E-state index is 7.09. The number of rotatable bonds is 7. The van der Waals surface area contributed by atoms with Gasteiger partial charge in [0.15, 0.2) is 0 Å². The van der Waals surface area contributed by atoms with E-state index in [2.05, 4.69) is 12.2 Å². The first-order chi connectivity index (χ1) is 5.35. The third-order valence-corrected chi connectivity index (χ3v) is 1.63. The second-order valence-electron chi connectivity index (χ2n) is 2.62. The normalized spacial score (nSPS) is 9.64. The van der Waals surface area contributed by atoms with E-state index in [0.29, 0.717) is 0 Å². The lowest BCUT2D eigenvalue weighted by Crippen LogP contribution is -2.30. The summed E-state index contributed by atoms with van der Waals surface area (Å²) in [6.45, 7) is 5.08. The van der Waals surface area contributed by atoms with Crippen LogP contribution < -0.4 is 5.32 Å². The van der Waals surface area contributed by atoms with Crippen molar-refractivity contribution in [3.05, 3.63) is 0 Å². The van der Waals surface area contributed by atoms with Crippen LogP contribution in [0.5, 0.6) is 0 Å². The van der Waals surface area contributed by atoms with Gasteiger partial charge in [-0.15, -0.1) is 0 Å². The van der Waals surface area contributed by atoms with E-state index < -0.39 is 0 Å². The second-order valence-corrected chi connectivity index (χ2v) is 2.62. The molecule has 0 aliphatic heterocycles. The standard InChI is InChI=1S/C8H19N3/c1-3-4-6-11(8-9)7-5-10-2/h8-10H,3-7H2,1-2H3. The van der Waals surface area contributed by atoms with Crippen molar-refractivity contribution in [2.24, 2.45) is 0 Å². The predicted molar refractivity (Wildman–Crippen MR) is 49.2 cm³/mol. The van der Waals surface area contributed by atoms with Crippen LogP contribution in [-0.4, -0.2) is 37.9 Å². The number of nitrogens with zero attached hydrogens (tertiary/aromatic N) is 1. The molecule has 0 fully saturated rings. The molecule has 0 amide bonds. The maximum Gasteiger partial charge on any atom is 0.0817 e. The Morgan fingerprint density at radius 2 is 2.18 bits per heavy atom. The van der Waals surface area contributed by atoms with Gasteiger partial charge in [0, 0.05) is 19.6 Å². The predicted octanol–water partition coefficient (Wildman–Crippen LogP) is 0.915. The van der Waals surface area contributed by atoms with Gasteiger partial charge in [0.2, 0.25) is 0 Å². The van der Waals surface area contributed by atoms with Crippen molar-refractivity contribution in [1.82, 2.24) is 10.2 Å². The van der Waals surface area contributed by atoms with Crippen LogP contribution in [0.4, 0.5) is 0 Å². The van der Waals surface area contributed by atoms with E-state index in [1.54, 1.807) is 0 Å². The van der Waals surface area contributed by atoms with E-state index in [0.717, 1.165) is 19.6 Å². The maximum absolute atomic E-state index is 7.09. The van der Waals surface area contributed by atoms with Crippen LogP contribution in [0.25, 0.3) is 0 Å². The first-order valence-corrected chi connectivity index (χ1v) is 4.24. The molecule has 0 aliphatic rings. The largest absolute Gasteiger partial charge is 0.362 e. The summed E-state index contributed by atoms with van der Waals surface area (Å²) >= 11 is 0. The highest BCUT2D eigenvalue weighted by atomic mass is 15.1. The Morgan fingerprint density at radius 3 is 2.64 bits per heavy atom. The van der Waals surface area contributed by atoms with Gasteiger partial charge in [0.05, 0.1) is 6.34 Å². The van der Waals surface area contributed by atoms with Gasteiger partial charge >= 0.3 is 0 Å². The van der Waals surface area contributed by atoms with Crippen molar-refractivity contribution >= 4 is 6.34 Å². The van der Waals surface area contributed by atoms with Gasteiger partial charge in [-0.25, -0.2) is 0 Å². The Labute approximate surface area is 69.3 Å². The van der Waals surface area contributed by atoms with Crippen LogP contribution in [-0.2, 0) is 0 Å². The van der Waals surface area contributed by atoms with E-state index in [-0.39, 0.29) is 0 Å². The Balaban J connectivity index is 3.33. The van der Waals surface area contributed by atoms with Crippen LogP contribution in [0.2, 0.25) is 0 Å². The van der Waals surface area contributed by atoms with Crippen molar-refractivity contribution in [2.45, 2.75) is 19.8 Å². The van der Waals surface area contributed by atoms with Gasteiger partial charge in [0.25, 0.3) is 0 Å². The highest BCUT2D eigenvalue weighted by Crippen LogP contribution is 1.90. The molecule has 3 nitrogen and oxygen atoms in total. The molecule has 0 aromatic carbocycles. The molecule has 0 radical (unpaired) electrons. The van der Waals surface area contributed by atoms with Crippen molar-refractivity contribution in [2.75, 3.05) is 26.7 Å². The van der Waals surface area contributed by atoms with Crippen molar-refractivity contribution in [3.8, 4) is 0 Å². The van der Waals surface area contributed by atoms with Crippen LogP contribution >= 0.6 is 0 Å². The Hall–Kier alpha value is -0.570. The number of likely N-dealkylation sites (N-methyl/N-ethyl adjacent to an activating group) is 1. The van der Waals surface area contributed by atoms with Crippen LogP contribution in [0.1, 0.15) is 19.8 Å². The van der Waals surface area contributed by atoms with Crippen molar-refractivity contribution < 1.29 is 0 Å². The highest BCUT2D eigenvalue weighted by Gasteiger charge is 1.95. The first kappa shape index (κ1) is 10.4. The number of unbranched alkanes of at least 4 members (excludes halogenated alkanes) is 1. The summed E-state index contributed by atoms with van der Waals surface area (Å²) in [6, 6.07) is 0. The Bertz CT molecular complexity index is 85.3. The highest BCUT2D eigenvalue weighted by molar-refractivity contribution is 5.50. The molecule has 0 unspecified atom stereocenters. The zero-order valence-electron chi connectivity index (χ0n) is 7.56. The summed E-state index contributed by atoms with van der Waals surface area (Å²) in [7, 11) is 1.93. The summed E-state index contributed by atoms with van der Waals surface area (Å²) in [5.41, 5.74) is 0. The molecule has 0 saturated heterocycles. The average Bonchev–Trinajstić information content (AvgIpc) is 2.05. The van der Waals surface area contributed by atoms with Gasteiger partial charge in [-0.3, -0.25) is 5.41 Å². The molecule has 0 heterocycles. The monoisotopic (exact) mass is 157 g/mol. The van der Waals surface area contributed by atoms with Gasteiger partial charge in [-0.05, 0) is 13.5 Å².